The van der Waals surface area contributed by atoms with E-state index in [1.54, 1.807) is 6.20 Å². The lowest BCUT2D eigenvalue weighted by atomic mass is 10.6. The van der Waals surface area contributed by atoms with Crippen molar-refractivity contribution in [3.63, 3.8) is 0 Å². The number of nitrogens with zero attached hydrogens (tertiary/aromatic N) is 1. The lowest BCUT2D eigenvalue weighted by Crippen LogP contribution is -1.61. The van der Waals surface area contributed by atoms with Crippen LogP contribution in [0.25, 0.3) is 10.3 Å². The third-order valence-electron chi connectivity index (χ3n) is 1.10. The van der Waals surface area contributed by atoms with Crippen LogP contribution in [0.3, 0.4) is 0 Å². The van der Waals surface area contributed by atoms with Gasteiger partial charge in [0, 0.05) is 6.20 Å². The van der Waals surface area contributed by atoms with Crippen molar-refractivity contribution < 1.29 is 5.11 Å². The highest BCUT2D eigenvalue weighted by Gasteiger charge is 1.99. The topological polar surface area (TPSA) is 48.9 Å². The first-order valence-electron chi connectivity index (χ1n) is 2.49. The SMILES string of the molecule is Oc1nc2[nH]ccc2s1. The summed E-state index contributed by atoms with van der Waals surface area (Å²) >= 11 is 1.27. The van der Waals surface area contributed by atoms with Crippen molar-refractivity contribution in [1.82, 2.24) is 9.97 Å². The molecular weight excluding hydrogens is 136 g/mol. The van der Waals surface area contributed by atoms with E-state index in [1.165, 1.54) is 11.3 Å². The molecule has 0 aliphatic heterocycles. The summed E-state index contributed by atoms with van der Waals surface area (Å²) in [7, 11) is 0. The Kier molecular flexibility index (Phi) is 0.790. The molecule has 9 heavy (non-hydrogen) atoms. The predicted octanol–water partition coefficient (Wildman–Crippen LogP) is 1.33. The van der Waals surface area contributed by atoms with Crippen LogP contribution >= 0.6 is 11.3 Å². The van der Waals surface area contributed by atoms with Gasteiger partial charge in [-0.25, -0.2) is 0 Å². The minimum atomic E-state index is 0.122. The first-order valence-corrected chi connectivity index (χ1v) is 3.31. The molecule has 0 aliphatic carbocycles. The quantitative estimate of drug-likeness (QED) is 0.580. The molecule has 0 saturated carbocycles. The molecule has 0 aromatic carbocycles. The molecule has 0 radical (unpaired) electrons. The number of hydrogen-bond donors (Lipinski definition) is 2. The number of H-pyrrole nitrogens is 1. The Morgan fingerprint density at radius 1 is 1.67 bits per heavy atom. The number of aromatic amines is 1. The molecule has 2 N–H and O–H groups in total. The van der Waals surface area contributed by atoms with Gasteiger partial charge in [0.05, 0.1) is 4.70 Å². The maximum Gasteiger partial charge on any atom is 0.273 e. The van der Waals surface area contributed by atoms with E-state index < -0.39 is 0 Å². The number of thiazole rings is 1. The Morgan fingerprint density at radius 2 is 2.56 bits per heavy atom. The zero-order chi connectivity index (χ0) is 6.27. The Morgan fingerprint density at radius 3 is 3.33 bits per heavy atom. The summed E-state index contributed by atoms with van der Waals surface area (Å²) in [6.07, 6.45) is 1.80. The minimum absolute atomic E-state index is 0.122. The molecule has 0 saturated heterocycles. The third kappa shape index (κ3) is 0.598. The van der Waals surface area contributed by atoms with Crippen molar-refractivity contribution in [1.29, 1.82) is 0 Å². The molecule has 2 aromatic rings. The van der Waals surface area contributed by atoms with Crippen molar-refractivity contribution in [2.45, 2.75) is 0 Å². The molecule has 0 bridgehead atoms. The first kappa shape index (κ1) is 4.81. The maximum absolute atomic E-state index is 8.83. The molecule has 0 amide bonds. The third-order valence-corrected chi connectivity index (χ3v) is 1.92. The molecule has 2 aromatic heterocycles. The smallest absolute Gasteiger partial charge is 0.273 e. The molecule has 4 heteroatoms. The zero-order valence-corrected chi connectivity index (χ0v) is 5.27. The van der Waals surface area contributed by atoms with E-state index in [-0.39, 0.29) is 5.19 Å². The van der Waals surface area contributed by atoms with Gasteiger partial charge in [0.25, 0.3) is 5.19 Å². The van der Waals surface area contributed by atoms with E-state index in [0.717, 1.165) is 10.3 Å². The summed E-state index contributed by atoms with van der Waals surface area (Å²) in [5.41, 5.74) is 0.762. The van der Waals surface area contributed by atoms with Crippen LogP contribution in [0, 0.1) is 0 Å². The molecule has 2 rings (SSSR count). The largest absolute Gasteiger partial charge is 0.486 e. The summed E-state index contributed by atoms with van der Waals surface area (Å²) in [5.74, 6) is 0. The fraction of sp³-hybridized carbons (Fsp3) is 0. The Bertz CT molecular complexity index is 296. The molecule has 0 spiro atoms. The summed E-state index contributed by atoms with van der Waals surface area (Å²) in [4.78, 5) is 6.67. The van der Waals surface area contributed by atoms with Gasteiger partial charge in [-0.1, -0.05) is 11.3 Å². The van der Waals surface area contributed by atoms with Crippen LogP contribution < -0.4 is 0 Å². The first-order chi connectivity index (χ1) is 4.36. The fourth-order valence-corrected chi connectivity index (χ4v) is 1.40. The van der Waals surface area contributed by atoms with Crippen LogP contribution in [-0.4, -0.2) is 15.1 Å². The standard InChI is InChI=1S/C5H4N2OS/c8-5-7-4-3(9-5)1-2-6-4/h1-2,6H,(H,7,8). The van der Waals surface area contributed by atoms with E-state index in [0.29, 0.717) is 0 Å². The normalized spacial score (nSPS) is 10.7. The monoisotopic (exact) mass is 140 g/mol. The summed E-state index contributed by atoms with van der Waals surface area (Å²) in [6.45, 7) is 0. The van der Waals surface area contributed by atoms with Crippen molar-refractivity contribution in [3.8, 4) is 5.19 Å². The molecule has 0 aliphatic rings. The van der Waals surface area contributed by atoms with Crippen molar-refractivity contribution in [2.24, 2.45) is 0 Å². The summed E-state index contributed by atoms with van der Waals surface area (Å²) < 4.78 is 0.993. The Balaban J connectivity index is 2.92. The minimum Gasteiger partial charge on any atom is -0.486 e. The van der Waals surface area contributed by atoms with E-state index in [1.807, 2.05) is 6.07 Å². The van der Waals surface area contributed by atoms with E-state index in [2.05, 4.69) is 9.97 Å². The highest BCUT2D eigenvalue weighted by molar-refractivity contribution is 7.20. The van der Waals surface area contributed by atoms with Crippen molar-refractivity contribution >= 4 is 21.7 Å². The average Bonchev–Trinajstić information content (AvgIpc) is 2.22. The molecule has 0 unspecified atom stereocenters. The van der Waals surface area contributed by atoms with Crippen LogP contribution in [0.4, 0.5) is 0 Å². The van der Waals surface area contributed by atoms with Gasteiger partial charge in [-0.3, -0.25) is 0 Å². The van der Waals surface area contributed by atoms with Crippen LogP contribution in [-0.2, 0) is 0 Å². The predicted molar refractivity (Wildman–Crippen MR) is 35.6 cm³/mol. The molecule has 0 fully saturated rings. The zero-order valence-electron chi connectivity index (χ0n) is 4.46. The number of fused-ring (bicyclic) bond motifs is 1. The Hall–Kier alpha value is -1.03. The average molecular weight is 140 g/mol. The van der Waals surface area contributed by atoms with Crippen LogP contribution in [0.2, 0.25) is 0 Å². The van der Waals surface area contributed by atoms with Gasteiger partial charge in [-0.05, 0) is 6.07 Å². The van der Waals surface area contributed by atoms with E-state index in [4.69, 9.17) is 5.11 Å². The van der Waals surface area contributed by atoms with Gasteiger partial charge < -0.3 is 10.1 Å². The van der Waals surface area contributed by atoms with Gasteiger partial charge >= 0.3 is 0 Å². The molecule has 3 nitrogen and oxygen atoms in total. The number of nitrogens with one attached hydrogen (secondary N) is 1. The maximum atomic E-state index is 8.83. The second-order valence-corrected chi connectivity index (χ2v) is 2.70. The van der Waals surface area contributed by atoms with E-state index >= 15 is 0 Å². The summed E-state index contributed by atoms with van der Waals surface area (Å²) in [5, 5.41) is 8.95. The molecule has 2 heterocycles. The number of aromatic nitrogens is 2. The van der Waals surface area contributed by atoms with Crippen LogP contribution in [0.1, 0.15) is 0 Å². The van der Waals surface area contributed by atoms with Crippen LogP contribution in [0.5, 0.6) is 5.19 Å². The highest BCUT2D eigenvalue weighted by atomic mass is 32.1. The van der Waals surface area contributed by atoms with Gasteiger partial charge in [0.15, 0.2) is 5.65 Å². The molecule has 0 atom stereocenters. The number of aromatic hydroxyl groups is 1. The summed E-state index contributed by atoms with van der Waals surface area (Å²) in [6, 6.07) is 1.88. The molecule has 46 valence electrons. The lowest BCUT2D eigenvalue weighted by molar-refractivity contribution is 0.472. The van der Waals surface area contributed by atoms with Crippen molar-refractivity contribution in [3.05, 3.63) is 12.3 Å². The molecular formula is C5H4N2OS. The number of rotatable bonds is 0. The van der Waals surface area contributed by atoms with E-state index in [9.17, 15) is 0 Å². The van der Waals surface area contributed by atoms with Gasteiger partial charge in [0.2, 0.25) is 0 Å². The lowest BCUT2D eigenvalue weighted by Gasteiger charge is -1.70. The second-order valence-electron chi connectivity index (χ2n) is 1.69. The van der Waals surface area contributed by atoms with Gasteiger partial charge in [-0.15, -0.1) is 0 Å². The van der Waals surface area contributed by atoms with Gasteiger partial charge in [-0.2, -0.15) is 4.98 Å². The highest BCUT2D eigenvalue weighted by Crippen LogP contribution is 2.24. The number of hydrogen-bond acceptors (Lipinski definition) is 3. The van der Waals surface area contributed by atoms with Gasteiger partial charge in [0.1, 0.15) is 0 Å². The van der Waals surface area contributed by atoms with Crippen LogP contribution in [0.15, 0.2) is 12.3 Å². The Labute approximate surface area is 55.0 Å². The van der Waals surface area contributed by atoms with Crippen molar-refractivity contribution in [2.75, 3.05) is 0 Å². The second kappa shape index (κ2) is 1.48. The fourth-order valence-electron chi connectivity index (χ4n) is 0.733.